The molecule has 0 aliphatic carbocycles. The van der Waals surface area contributed by atoms with Gasteiger partial charge in [-0.3, -0.25) is 0 Å². The topological polar surface area (TPSA) is 51.6 Å². The molecule has 252 valence electrons. The second kappa shape index (κ2) is 12.7. The molecule has 11 rings (SSSR count). The third kappa shape index (κ3) is 5.35. The van der Waals surface area contributed by atoms with Crippen LogP contribution in [-0.4, -0.2) is 34.4 Å². The van der Waals surface area contributed by atoms with E-state index in [-0.39, 0.29) is 14.5 Å². The van der Waals surface area contributed by atoms with Gasteiger partial charge in [-0.15, -0.1) is 0 Å². The molecule has 0 radical (unpaired) electrons. The van der Waals surface area contributed by atoms with Gasteiger partial charge in [-0.25, -0.2) is 0 Å². The Balaban J connectivity index is 1.10. The van der Waals surface area contributed by atoms with Crippen LogP contribution in [0.1, 0.15) is 0 Å². The van der Waals surface area contributed by atoms with Gasteiger partial charge in [0.1, 0.15) is 0 Å². The van der Waals surface area contributed by atoms with Crippen molar-refractivity contribution < 1.29 is 0 Å². The molecule has 0 bridgehead atoms. The van der Waals surface area contributed by atoms with Gasteiger partial charge in [-0.2, -0.15) is 0 Å². The van der Waals surface area contributed by atoms with Crippen molar-refractivity contribution in [2.45, 2.75) is 0 Å². The summed E-state index contributed by atoms with van der Waals surface area (Å²) in [6.07, 6.45) is 0. The van der Waals surface area contributed by atoms with E-state index in [0.717, 1.165) is 49.3 Å². The van der Waals surface area contributed by atoms with E-state index in [1.807, 2.05) is 6.07 Å². The molecule has 6 heteroatoms. The third-order valence-corrected chi connectivity index (χ3v) is 13.7. The molecule has 3 heterocycles. The third-order valence-electron chi connectivity index (χ3n) is 10.1. The van der Waals surface area contributed by atoms with Crippen molar-refractivity contribution >= 4 is 76.9 Å². The number of hydrogen-bond acceptors (Lipinski definition) is 5. The van der Waals surface area contributed by atoms with E-state index in [2.05, 4.69) is 164 Å². The van der Waals surface area contributed by atoms with E-state index in [1.165, 1.54) is 40.2 Å². The van der Waals surface area contributed by atoms with Crippen molar-refractivity contribution in [3.05, 3.63) is 170 Å². The minimum Gasteiger partial charge on any atom is -0.0617 e. The molecule has 0 N–H and O–H groups in total. The normalized spacial score (nSPS) is 11.7. The molecular weight excluding hydrogens is 744 g/mol. The predicted molar refractivity (Wildman–Crippen MR) is 227 cm³/mol. The summed E-state index contributed by atoms with van der Waals surface area (Å²) in [5.74, 6) is 1.96. The summed E-state index contributed by atoms with van der Waals surface area (Å²) in [6.45, 7) is 0. The van der Waals surface area contributed by atoms with Crippen molar-refractivity contribution in [3.63, 3.8) is 0 Å². The van der Waals surface area contributed by atoms with Gasteiger partial charge in [-0.05, 0) is 0 Å². The summed E-state index contributed by atoms with van der Waals surface area (Å²) >= 11 is 1.90. The van der Waals surface area contributed by atoms with Crippen LogP contribution >= 0.6 is 11.3 Å². The molecule has 0 fully saturated rings. The van der Waals surface area contributed by atoms with Gasteiger partial charge >= 0.3 is 298 Å². The van der Waals surface area contributed by atoms with Crippen LogP contribution in [0.5, 0.6) is 0 Å². The molecule has 8 aromatic carbocycles. The Morgan fingerprint density at radius 2 is 1.00 bits per heavy atom. The molecule has 54 heavy (non-hydrogen) atoms. The number of hydrogen-bond donors (Lipinski definition) is 0. The van der Waals surface area contributed by atoms with Gasteiger partial charge in [-0.1, -0.05) is 24.3 Å². The van der Waals surface area contributed by atoms with Gasteiger partial charge in [0.25, 0.3) is 0 Å². The summed E-state index contributed by atoms with van der Waals surface area (Å²) in [6, 6.07) is 60.0. The number of thiazole rings is 1. The molecule has 0 spiro atoms. The molecule has 0 atom stereocenters. The van der Waals surface area contributed by atoms with Gasteiger partial charge in [0.15, 0.2) is 0 Å². The Morgan fingerprint density at radius 3 is 1.78 bits per heavy atom. The predicted octanol–water partition coefficient (Wildman–Crippen LogP) is 12.5. The van der Waals surface area contributed by atoms with Gasteiger partial charge < -0.3 is 0 Å². The van der Waals surface area contributed by atoms with Crippen molar-refractivity contribution in [1.29, 1.82) is 0 Å². The summed E-state index contributed by atoms with van der Waals surface area (Å²) in [5, 5.41) is 8.43. The summed E-state index contributed by atoms with van der Waals surface area (Å²) in [4.78, 5) is 20.7. The maximum absolute atomic E-state index is 5.22. The Labute approximate surface area is 320 Å². The molecule has 0 unspecified atom stereocenters. The second-order valence-electron chi connectivity index (χ2n) is 13.5. The fourth-order valence-electron chi connectivity index (χ4n) is 7.43. The minimum atomic E-state index is 0.131. The van der Waals surface area contributed by atoms with Crippen LogP contribution in [0.3, 0.4) is 0 Å². The quantitative estimate of drug-likeness (QED) is 0.164. The van der Waals surface area contributed by atoms with Crippen LogP contribution in [0.15, 0.2) is 170 Å². The molecular formula is C48H28N4SSe. The van der Waals surface area contributed by atoms with E-state index in [1.54, 1.807) is 11.3 Å². The zero-order chi connectivity index (χ0) is 35.6. The number of aromatic nitrogens is 4. The number of fused-ring (bicyclic) bond motifs is 8. The van der Waals surface area contributed by atoms with Crippen LogP contribution in [0.25, 0.3) is 107 Å². The molecule has 4 nitrogen and oxygen atoms in total. The fourth-order valence-corrected chi connectivity index (χ4v) is 11.0. The van der Waals surface area contributed by atoms with Gasteiger partial charge in [0.2, 0.25) is 0 Å². The average molecular weight is 772 g/mol. The molecule has 0 saturated carbocycles. The van der Waals surface area contributed by atoms with Crippen LogP contribution in [-0.2, 0) is 0 Å². The van der Waals surface area contributed by atoms with E-state index >= 15 is 0 Å². The van der Waals surface area contributed by atoms with Gasteiger partial charge in [0.05, 0.1) is 0 Å². The first-order chi connectivity index (χ1) is 26.7. The van der Waals surface area contributed by atoms with Crippen molar-refractivity contribution in [2.75, 3.05) is 0 Å². The van der Waals surface area contributed by atoms with E-state index in [4.69, 9.17) is 19.9 Å². The molecule has 0 aliphatic rings. The van der Waals surface area contributed by atoms with Crippen molar-refractivity contribution in [2.24, 2.45) is 0 Å². The van der Waals surface area contributed by atoms with Crippen LogP contribution in [0, 0.1) is 0 Å². The smallest absolute Gasteiger partial charge is 0.0617 e. The van der Waals surface area contributed by atoms with Gasteiger partial charge in [0, 0.05) is 0 Å². The van der Waals surface area contributed by atoms with E-state index in [9.17, 15) is 0 Å². The number of rotatable bonds is 5. The minimum absolute atomic E-state index is 0.131. The fraction of sp³-hybridized carbons (Fsp3) is 0. The van der Waals surface area contributed by atoms with E-state index < -0.39 is 0 Å². The summed E-state index contributed by atoms with van der Waals surface area (Å²) < 4.78 is 3.99. The first kappa shape index (κ1) is 31.2. The van der Waals surface area contributed by atoms with E-state index in [0.29, 0.717) is 17.5 Å². The standard InChI is InChI=1S/C48H28N4SSe/c1-3-10-29(11-4-1)34-16-9-17-35(26-34)45-50-46(36-20-18-30-12-7-8-15-33(30)27-36)52-47(51-45)37-21-19-31-22-23-38-42-41(54-44(38)39(31)28-37)25-24-40-43(42)49-48(53-40)32-13-5-2-6-14-32/h1-28H. The van der Waals surface area contributed by atoms with Crippen molar-refractivity contribution in [3.8, 4) is 55.9 Å². The molecule has 0 amide bonds. The first-order valence-corrected chi connectivity index (χ1v) is 20.4. The summed E-state index contributed by atoms with van der Waals surface area (Å²) in [5.41, 5.74) is 7.41. The van der Waals surface area contributed by atoms with Crippen LogP contribution < -0.4 is 0 Å². The molecule has 0 aliphatic heterocycles. The zero-order valence-electron chi connectivity index (χ0n) is 28.8. The Hall–Kier alpha value is -6.30. The second-order valence-corrected chi connectivity index (χ2v) is 16.7. The maximum atomic E-state index is 5.22. The van der Waals surface area contributed by atoms with Crippen LogP contribution in [0.4, 0.5) is 0 Å². The Bertz CT molecular complexity index is 3220. The molecule has 3 aromatic heterocycles. The number of nitrogens with zero attached hydrogens (tertiary/aromatic N) is 4. The Morgan fingerprint density at radius 1 is 0.389 bits per heavy atom. The monoisotopic (exact) mass is 772 g/mol. The van der Waals surface area contributed by atoms with Crippen molar-refractivity contribution in [1.82, 2.24) is 19.9 Å². The van der Waals surface area contributed by atoms with Crippen LogP contribution in [0.2, 0.25) is 0 Å². The molecule has 11 aromatic rings. The Kier molecular flexibility index (Phi) is 7.34. The summed E-state index contributed by atoms with van der Waals surface area (Å²) in [7, 11) is 0. The number of benzene rings is 8. The average Bonchev–Trinajstić information content (AvgIpc) is 3.86. The first-order valence-electron chi connectivity index (χ1n) is 17.9. The zero-order valence-corrected chi connectivity index (χ0v) is 31.3. The SMILES string of the molecule is c1ccc(-c2cccc(-c3nc(-c4ccc5ccccc5c4)nc(-c4ccc5ccc6c([se]c7ccc8sc(-c9ccccc9)nc8c76)c5c4)n3)c2)cc1. The molecule has 0 saturated heterocycles.